The minimum atomic E-state index is -3.91. The van der Waals surface area contributed by atoms with Crippen LogP contribution in [-0.4, -0.2) is 23.5 Å². The van der Waals surface area contributed by atoms with Gasteiger partial charge in [-0.05, 0) is 46.6 Å². The molecule has 1 N–H and O–H groups in total. The molecular weight excluding hydrogens is 370 g/mol. The molecule has 0 aliphatic heterocycles. The molecular formula is C12H9BrClNO4S. The van der Waals surface area contributed by atoms with Gasteiger partial charge in [0.2, 0.25) is 0 Å². The molecule has 0 atom stereocenters. The van der Waals surface area contributed by atoms with Crippen LogP contribution in [0.3, 0.4) is 0 Å². The SMILES string of the molecule is Cc1c(C(=O)O)cn(S(=O)(=O)c2cccc(Cl)c2)c1Br. The van der Waals surface area contributed by atoms with Crippen molar-refractivity contribution in [3.05, 3.63) is 51.2 Å². The van der Waals surface area contributed by atoms with Crippen LogP contribution in [0.15, 0.2) is 40.0 Å². The van der Waals surface area contributed by atoms with Gasteiger partial charge in [0.1, 0.15) is 4.60 Å². The van der Waals surface area contributed by atoms with E-state index in [0.717, 1.165) is 10.2 Å². The molecule has 1 aromatic heterocycles. The summed E-state index contributed by atoms with van der Waals surface area (Å²) in [6, 6.07) is 5.76. The van der Waals surface area contributed by atoms with E-state index in [1.807, 2.05) is 0 Å². The monoisotopic (exact) mass is 377 g/mol. The summed E-state index contributed by atoms with van der Waals surface area (Å²) in [4.78, 5) is 11.0. The maximum Gasteiger partial charge on any atom is 0.337 e. The summed E-state index contributed by atoms with van der Waals surface area (Å²) in [7, 11) is -3.91. The minimum Gasteiger partial charge on any atom is -0.478 e. The average Bonchev–Trinajstić information content (AvgIpc) is 2.67. The normalized spacial score (nSPS) is 11.6. The van der Waals surface area contributed by atoms with Crippen molar-refractivity contribution in [1.82, 2.24) is 3.97 Å². The van der Waals surface area contributed by atoms with Crippen LogP contribution in [0.4, 0.5) is 0 Å². The molecule has 2 aromatic rings. The van der Waals surface area contributed by atoms with E-state index in [1.54, 1.807) is 6.07 Å². The van der Waals surface area contributed by atoms with Gasteiger partial charge in [-0.3, -0.25) is 0 Å². The van der Waals surface area contributed by atoms with Gasteiger partial charge in [0.15, 0.2) is 0 Å². The highest BCUT2D eigenvalue weighted by atomic mass is 79.9. The number of nitrogens with zero attached hydrogens (tertiary/aromatic N) is 1. The molecule has 0 amide bonds. The number of carbonyl (C=O) groups is 1. The van der Waals surface area contributed by atoms with Crippen LogP contribution in [0.2, 0.25) is 5.02 Å². The summed E-state index contributed by atoms with van der Waals surface area (Å²) in [5, 5.41) is 9.32. The van der Waals surface area contributed by atoms with Crippen LogP contribution in [0.1, 0.15) is 15.9 Å². The molecule has 0 aliphatic carbocycles. The van der Waals surface area contributed by atoms with Gasteiger partial charge < -0.3 is 5.11 Å². The topological polar surface area (TPSA) is 76.4 Å². The largest absolute Gasteiger partial charge is 0.478 e. The second kappa shape index (κ2) is 5.23. The van der Waals surface area contributed by atoms with Gasteiger partial charge in [0.05, 0.1) is 10.5 Å². The molecule has 1 heterocycles. The summed E-state index contributed by atoms with van der Waals surface area (Å²) in [5.41, 5.74) is 0.255. The van der Waals surface area contributed by atoms with E-state index < -0.39 is 16.0 Å². The van der Waals surface area contributed by atoms with E-state index in [0.29, 0.717) is 5.56 Å². The Bertz CT molecular complexity index is 798. The number of hydrogen-bond acceptors (Lipinski definition) is 3. The summed E-state index contributed by atoms with van der Waals surface area (Å²) < 4.78 is 26.0. The fourth-order valence-electron chi connectivity index (χ4n) is 1.68. The van der Waals surface area contributed by atoms with Gasteiger partial charge in [-0.2, -0.15) is 0 Å². The van der Waals surface area contributed by atoms with Crippen molar-refractivity contribution in [2.75, 3.05) is 0 Å². The number of halogens is 2. The summed E-state index contributed by atoms with van der Waals surface area (Å²) in [6.45, 7) is 1.53. The molecule has 5 nitrogen and oxygen atoms in total. The standard InChI is InChI=1S/C12H9BrClNO4S/c1-7-10(12(16)17)6-15(11(7)13)20(18,19)9-4-2-3-8(14)5-9/h2-6H,1H3,(H,16,17). The first-order chi connectivity index (χ1) is 9.25. The maximum absolute atomic E-state index is 12.5. The smallest absolute Gasteiger partial charge is 0.337 e. The first-order valence-corrected chi connectivity index (χ1v) is 7.98. The molecule has 0 unspecified atom stereocenters. The van der Waals surface area contributed by atoms with Gasteiger partial charge in [0, 0.05) is 11.2 Å². The lowest BCUT2D eigenvalue weighted by Crippen LogP contribution is -2.12. The fourth-order valence-corrected chi connectivity index (χ4v) is 4.17. The van der Waals surface area contributed by atoms with Crippen LogP contribution < -0.4 is 0 Å². The summed E-state index contributed by atoms with van der Waals surface area (Å²) >= 11 is 8.89. The number of aromatic nitrogens is 1. The molecule has 0 bridgehead atoms. The van der Waals surface area contributed by atoms with Crippen molar-refractivity contribution in [3.63, 3.8) is 0 Å². The van der Waals surface area contributed by atoms with E-state index in [9.17, 15) is 13.2 Å². The van der Waals surface area contributed by atoms with E-state index >= 15 is 0 Å². The molecule has 1 aromatic carbocycles. The fraction of sp³-hybridized carbons (Fsp3) is 0.0833. The Labute approximate surface area is 129 Å². The van der Waals surface area contributed by atoms with Gasteiger partial charge in [-0.15, -0.1) is 0 Å². The second-order valence-electron chi connectivity index (χ2n) is 4.02. The molecule has 0 spiro atoms. The zero-order valence-electron chi connectivity index (χ0n) is 10.2. The number of hydrogen-bond donors (Lipinski definition) is 1. The van der Waals surface area contributed by atoms with Crippen molar-refractivity contribution < 1.29 is 18.3 Å². The quantitative estimate of drug-likeness (QED) is 0.890. The first kappa shape index (κ1) is 15.1. The number of benzene rings is 1. The Hall–Kier alpha value is -1.31. The summed E-state index contributed by atoms with van der Waals surface area (Å²) in [5.74, 6) is -1.19. The number of carboxylic acids is 1. The Morgan fingerprint density at radius 2 is 2.05 bits per heavy atom. The summed E-state index contributed by atoms with van der Waals surface area (Å²) in [6.07, 6.45) is 1.07. The van der Waals surface area contributed by atoms with Crippen molar-refractivity contribution >= 4 is 43.5 Å². The lowest BCUT2D eigenvalue weighted by Gasteiger charge is -2.07. The Kier molecular flexibility index (Phi) is 3.95. The number of aromatic carboxylic acids is 1. The second-order valence-corrected chi connectivity index (χ2v) is 7.02. The highest BCUT2D eigenvalue weighted by Crippen LogP contribution is 2.28. The van der Waals surface area contributed by atoms with Gasteiger partial charge in [-0.25, -0.2) is 17.2 Å². The molecule has 8 heteroatoms. The zero-order valence-corrected chi connectivity index (χ0v) is 13.3. The lowest BCUT2D eigenvalue weighted by atomic mass is 10.2. The molecule has 0 saturated carbocycles. The molecule has 2 rings (SSSR count). The zero-order chi connectivity index (χ0) is 15.1. The van der Waals surface area contributed by atoms with Crippen LogP contribution in [0.25, 0.3) is 0 Å². The van der Waals surface area contributed by atoms with Crippen LogP contribution in [0, 0.1) is 6.92 Å². The van der Waals surface area contributed by atoms with Crippen molar-refractivity contribution in [2.45, 2.75) is 11.8 Å². The van der Waals surface area contributed by atoms with Crippen molar-refractivity contribution in [3.8, 4) is 0 Å². The maximum atomic E-state index is 12.5. The third-order valence-corrected chi connectivity index (χ3v) is 5.84. The van der Waals surface area contributed by atoms with E-state index in [-0.39, 0.29) is 20.1 Å². The molecule has 0 fully saturated rings. The molecule has 0 saturated heterocycles. The molecule has 0 radical (unpaired) electrons. The number of rotatable bonds is 3. The lowest BCUT2D eigenvalue weighted by molar-refractivity contribution is 0.0696. The minimum absolute atomic E-state index is 0.0161. The third-order valence-electron chi connectivity index (χ3n) is 2.74. The molecule has 0 aliphatic rings. The van der Waals surface area contributed by atoms with Crippen LogP contribution in [0.5, 0.6) is 0 Å². The highest BCUT2D eigenvalue weighted by molar-refractivity contribution is 9.10. The van der Waals surface area contributed by atoms with E-state index in [4.69, 9.17) is 16.7 Å². The van der Waals surface area contributed by atoms with Crippen LogP contribution in [-0.2, 0) is 10.0 Å². The first-order valence-electron chi connectivity index (χ1n) is 5.37. The molecule has 106 valence electrons. The Morgan fingerprint density at radius 1 is 1.40 bits per heavy atom. The van der Waals surface area contributed by atoms with Crippen molar-refractivity contribution in [1.29, 1.82) is 0 Å². The molecule has 20 heavy (non-hydrogen) atoms. The average molecular weight is 379 g/mol. The highest BCUT2D eigenvalue weighted by Gasteiger charge is 2.24. The van der Waals surface area contributed by atoms with Gasteiger partial charge in [-0.1, -0.05) is 17.7 Å². The Morgan fingerprint density at radius 3 is 2.55 bits per heavy atom. The van der Waals surface area contributed by atoms with Gasteiger partial charge in [0.25, 0.3) is 10.0 Å². The number of carboxylic acid groups (broad SMARTS) is 1. The Balaban J connectivity index is 2.67. The van der Waals surface area contributed by atoms with E-state index in [2.05, 4.69) is 15.9 Å². The predicted octanol–water partition coefficient (Wildman–Crippen LogP) is 3.15. The van der Waals surface area contributed by atoms with E-state index in [1.165, 1.54) is 25.1 Å². The predicted molar refractivity (Wildman–Crippen MR) is 77.9 cm³/mol. The van der Waals surface area contributed by atoms with Crippen molar-refractivity contribution in [2.24, 2.45) is 0 Å². The van der Waals surface area contributed by atoms with Gasteiger partial charge >= 0.3 is 5.97 Å². The van der Waals surface area contributed by atoms with Crippen LogP contribution >= 0.6 is 27.5 Å². The third kappa shape index (κ3) is 2.48.